The monoisotopic (exact) mass is 384 g/mol. The first-order chi connectivity index (χ1) is 13.4. The SMILES string of the molecule is COc1ccc(-c2ccc(C(=O)Cn3cc(F)c(=O)[nH]c3=O)cc2)cc1OC. The standard InChI is InChI=1S/C20H17FN2O5/c1-27-17-8-7-14(9-18(17)28-2)12-3-5-13(6-4-12)16(24)11-23-10-15(21)19(25)22-20(23)26/h3-10H,11H2,1-2H3,(H,22,25,26). The van der Waals surface area contributed by atoms with E-state index in [1.807, 2.05) is 17.1 Å². The van der Waals surface area contributed by atoms with Crippen LogP contribution in [0.5, 0.6) is 11.5 Å². The number of Topliss-reactive ketones (excluding diaryl/α,β-unsaturated/α-hetero) is 1. The Morgan fingerprint density at radius 2 is 1.64 bits per heavy atom. The number of H-pyrrole nitrogens is 1. The lowest BCUT2D eigenvalue weighted by Crippen LogP contribution is -2.33. The Balaban J connectivity index is 1.83. The van der Waals surface area contributed by atoms with Crippen molar-refractivity contribution >= 4 is 5.78 Å². The highest BCUT2D eigenvalue weighted by Crippen LogP contribution is 2.32. The molecule has 1 heterocycles. The number of aromatic amines is 1. The lowest BCUT2D eigenvalue weighted by molar-refractivity contribution is 0.0970. The highest BCUT2D eigenvalue weighted by molar-refractivity contribution is 5.96. The van der Waals surface area contributed by atoms with Gasteiger partial charge in [-0.05, 0) is 23.3 Å². The van der Waals surface area contributed by atoms with E-state index in [2.05, 4.69) is 0 Å². The Labute approximate surface area is 159 Å². The van der Waals surface area contributed by atoms with Crippen molar-refractivity contribution in [2.75, 3.05) is 14.2 Å². The Kier molecular flexibility index (Phi) is 5.39. The number of carbonyl (C=O) groups excluding carboxylic acids is 1. The fourth-order valence-electron chi connectivity index (χ4n) is 2.71. The van der Waals surface area contributed by atoms with Crippen molar-refractivity contribution in [1.29, 1.82) is 0 Å². The van der Waals surface area contributed by atoms with Crippen LogP contribution in [-0.2, 0) is 6.54 Å². The van der Waals surface area contributed by atoms with Crippen LogP contribution in [0.1, 0.15) is 10.4 Å². The van der Waals surface area contributed by atoms with Gasteiger partial charge in [-0.25, -0.2) is 4.79 Å². The number of carbonyl (C=O) groups is 1. The molecule has 0 aliphatic rings. The summed E-state index contributed by atoms with van der Waals surface area (Å²) < 4.78 is 24.7. The average molecular weight is 384 g/mol. The van der Waals surface area contributed by atoms with Crippen LogP contribution in [0.25, 0.3) is 11.1 Å². The highest BCUT2D eigenvalue weighted by atomic mass is 19.1. The van der Waals surface area contributed by atoms with Gasteiger partial charge in [-0.1, -0.05) is 30.3 Å². The molecule has 0 fully saturated rings. The molecule has 0 atom stereocenters. The maximum atomic E-state index is 13.3. The van der Waals surface area contributed by atoms with Crippen molar-refractivity contribution in [3.63, 3.8) is 0 Å². The zero-order valence-electron chi connectivity index (χ0n) is 15.2. The van der Waals surface area contributed by atoms with Crippen molar-refractivity contribution in [3.05, 3.63) is 80.9 Å². The molecule has 1 aromatic heterocycles. The minimum Gasteiger partial charge on any atom is -0.493 e. The van der Waals surface area contributed by atoms with Crippen LogP contribution in [0.3, 0.4) is 0 Å². The van der Waals surface area contributed by atoms with Crippen LogP contribution in [0.4, 0.5) is 4.39 Å². The number of methoxy groups -OCH3 is 2. The molecule has 3 aromatic rings. The summed E-state index contributed by atoms with van der Waals surface area (Å²) >= 11 is 0. The van der Waals surface area contributed by atoms with Crippen molar-refractivity contribution in [3.8, 4) is 22.6 Å². The fourth-order valence-corrected chi connectivity index (χ4v) is 2.71. The van der Waals surface area contributed by atoms with Crippen LogP contribution in [0.15, 0.2) is 58.3 Å². The molecular formula is C20H17FN2O5. The molecule has 0 bridgehead atoms. The predicted molar refractivity (Wildman–Crippen MR) is 101 cm³/mol. The van der Waals surface area contributed by atoms with Gasteiger partial charge in [0.25, 0.3) is 5.56 Å². The van der Waals surface area contributed by atoms with Crippen LogP contribution in [0, 0.1) is 5.82 Å². The topological polar surface area (TPSA) is 90.4 Å². The molecule has 0 unspecified atom stereocenters. The Hall–Kier alpha value is -3.68. The van der Waals surface area contributed by atoms with E-state index in [0.29, 0.717) is 17.1 Å². The summed E-state index contributed by atoms with van der Waals surface area (Å²) in [6.45, 7) is -0.387. The number of hydrogen-bond acceptors (Lipinski definition) is 5. The molecule has 0 saturated carbocycles. The largest absolute Gasteiger partial charge is 0.493 e. The van der Waals surface area contributed by atoms with Gasteiger partial charge in [0, 0.05) is 5.56 Å². The molecule has 0 aliphatic heterocycles. The van der Waals surface area contributed by atoms with Gasteiger partial charge in [0.1, 0.15) is 0 Å². The van der Waals surface area contributed by atoms with Gasteiger partial charge in [0.05, 0.1) is 27.0 Å². The summed E-state index contributed by atoms with van der Waals surface area (Å²) in [6.07, 6.45) is 0.719. The minimum absolute atomic E-state index is 0.350. The van der Waals surface area contributed by atoms with Gasteiger partial charge in [0.15, 0.2) is 17.3 Å². The van der Waals surface area contributed by atoms with Gasteiger partial charge >= 0.3 is 5.69 Å². The summed E-state index contributed by atoms with van der Waals surface area (Å²) in [5.74, 6) is -0.333. The molecule has 28 heavy (non-hydrogen) atoms. The lowest BCUT2D eigenvalue weighted by Gasteiger charge is -2.10. The van der Waals surface area contributed by atoms with Gasteiger partial charge in [-0.3, -0.25) is 19.1 Å². The van der Waals surface area contributed by atoms with E-state index in [4.69, 9.17) is 9.47 Å². The number of nitrogens with zero attached hydrogens (tertiary/aromatic N) is 1. The second-order valence-corrected chi connectivity index (χ2v) is 5.93. The second kappa shape index (κ2) is 7.91. The van der Waals surface area contributed by atoms with E-state index >= 15 is 0 Å². The molecule has 2 aromatic carbocycles. The highest BCUT2D eigenvalue weighted by Gasteiger charge is 2.11. The first-order valence-electron chi connectivity index (χ1n) is 8.28. The molecule has 7 nitrogen and oxygen atoms in total. The van der Waals surface area contributed by atoms with E-state index in [1.54, 1.807) is 44.6 Å². The summed E-state index contributed by atoms with van der Waals surface area (Å²) in [4.78, 5) is 36.9. The van der Waals surface area contributed by atoms with Gasteiger partial charge < -0.3 is 9.47 Å². The third kappa shape index (κ3) is 3.85. The number of hydrogen-bond donors (Lipinski definition) is 1. The molecule has 3 rings (SSSR count). The molecule has 1 N–H and O–H groups in total. The smallest absolute Gasteiger partial charge is 0.328 e. The van der Waals surface area contributed by atoms with Crippen molar-refractivity contribution < 1.29 is 18.7 Å². The molecule has 0 spiro atoms. The maximum Gasteiger partial charge on any atom is 0.328 e. The number of ether oxygens (including phenoxy) is 2. The summed E-state index contributed by atoms with van der Waals surface area (Å²) in [5, 5.41) is 0. The number of rotatable bonds is 6. The number of benzene rings is 2. The maximum absolute atomic E-state index is 13.3. The minimum atomic E-state index is -1.13. The van der Waals surface area contributed by atoms with Gasteiger partial charge in [0.2, 0.25) is 5.82 Å². The van der Waals surface area contributed by atoms with Gasteiger partial charge in [-0.15, -0.1) is 0 Å². The first-order valence-corrected chi connectivity index (χ1v) is 8.28. The van der Waals surface area contributed by atoms with Crippen LogP contribution >= 0.6 is 0 Å². The molecule has 0 saturated heterocycles. The normalized spacial score (nSPS) is 10.5. The summed E-state index contributed by atoms with van der Waals surface area (Å²) in [6, 6.07) is 12.2. The fraction of sp³-hybridized carbons (Fsp3) is 0.150. The zero-order valence-corrected chi connectivity index (χ0v) is 15.2. The molecule has 144 valence electrons. The number of nitrogens with one attached hydrogen (secondary N) is 1. The third-order valence-corrected chi connectivity index (χ3v) is 4.21. The third-order valence-electron chi connectivity index (χ3n) is 4.21. The summed E-state index contributed by atoms with van der Waals surface area (Å²) in [5.41, 5.74) is 0.109. The van der Waals surface area contributed by atoms with Crippen LogP contribution in [0.2, 0.25) is 0 Å². The van der Waals surface area contributed by atoms with Crippen LogP contribution in [-0.4, -0.2) is 29.6 Å². The average Bonchev–Trinajstić information content (AvgIpc) is 2.71. The van der Waals surface area contributed by atoms with E-state index in [0.717, 1.165) is 21.9 Å². The van der Waals surface area contributed by atoms with E-state index in [1.165, 1.54) is 0 Å². The molecule has 8 heteroatoms. The molecule has 0 radical (unpaired) electrons. The summed E-state index contributed by atoms with van der Waals surface area (Å²) in [7, 11) is 3.10. The van der Waals surface area contributed by atoms with Crippen molar-refractivity contribution in [2.24, 2.45) is 0 Å². The molecular weight excluding hydrogens is 367 g/mol. The predicted octanol–water partition coefficient (Wildman–Crippen LogP) is 2.24. The van der Waals surface area contributed by atoms with Crippen molar-refractivity contribution in [1.82, 2.24) is 9.55 Å². The van der Waals surface area contributed by atoms with E-state index in [9.17, 15) is 18.8 Å². The zero-order chi connectivity index (χ0) is 20.3. The Morgan fingerprint density at radius 1 is 1.00 bits per heavy atom. The first kappa shape index (κ1) is 19.1. The second-order valence-electron chi connectivity index (χ2n) is 5.93. The molecule has 0 amide bonds. The number of aromatic nitrogens is 2. The van der Waals surface area contributed by atoms with Crippen LogP contribution < -0.4 is 20.7 Å². The number of halogens is 1. The number of ketones is 1. The van der Waals surface area contributed by atoms with Crippen molar-refractivity contribution in [2.45, 2.75) is 6.54 Å². The van der Waals surface area contributed by atoms with E-state index in [-0.39, 0.29) is 6.54 Å². The quantitative estimate of drug-likeness (QED) is 0.659. The lowest BCUT2D eigenvalue weighted by atomic mass is 10.0. The molecule has 0 aliphatic carbocycles. The van der Waals surface area contributed by atoms with Gasteiger partial charge in [-0.2, -0.15) is 4.39 Å². The Morgan fingerprint density at radius 3 is 2.29 bits per heavy atom. The van der Waals surface area contributed by atoms with E-state index < -0.39 is 22.8 Å². The Bertz CT molecular complexity index is 1130.